The average Bonchev–Trinajstić information content (AvgIpc) is 2.27. The maximum atomic E-state index is 14.0. The van der Waals surface area contributed by atoms with Crippen LogP contribution in [0.4, 0.5) is 40.8 Å². The highest BCUT2D eigenvalue weighted by Gasteiger charge is 2.70. The molecule has 0 heterocycles. The summed E-state index contributed by atoms with van der Waals surface area (Å²) in [6.07, 6.45) is -5.98. The van der Waals surface area contributed by atoms with Crippen molar-refractivity contribution in [1.82, 2.24) is 0 Å². The minimum atomic E-state index is -5.98. The van der Waals surface area contributed by atoms with Crippen LogP contribution < -0.4 is 10.5 Å². The van der Waals surface area contributed by atoms with Crippen molar-refractivity contribution in [2.45, 2.75) is 31.3 Å². The second-order valence-electron chi connectivity index (χ2n) is 4.18. The molecule has 10 heteroatoms. The van der Waals surface area contributed by atoms with Gasteiger partial charge in [-0.25, -0.2) is 13.2 Å². The Morgan fingerprint density at radius 2 is 1.57 bits per heavy atom. The SMILES string of the molecule is CC(F)(F)C(F)(c1ccc(N)c(OC(F)F)c1)C(F)(F)F. The van der Waals surface area contributed by atoms with Crippen LogP contribution >= 0.6 is 0 Å². The first-order valence-corrected chi connectivity index (χ1v) is 5.29. The zero-order valence-corrected chi connectivity index (χ0v) is 10.3. The van der Waals surface area contributed by atoms with Gasteiger partial charge in [-0.2, -0.15) is 22.0 Å². The fraction of sp³-hybridized carbons (Fsp3) is 0.455. The van der Waals surface area contributed by atoms with Crippen molar-refractivity contribution in [2.75, 3.05) is 5.73 Å². The second kappa shape index (κ2) is 5.23. The van der Waals surface area contributed by atoms with Gasteiger partial charge in [-0.3, -0.25) is 0 Å². The molecule has 1 aromatic rings. The standard InChI is InChI=1S/C11H9F8NO/c1-9(14,15)10(16,11(17,18)19)5-2-3-6(20)7(4-5)21-8(12)13/h2-4,8H,20H2,1H3. The van der Waals surface area contributed by atoms with E-state index >= 15 is 0 Å². The van der Waals surface area contributed by atoms with Crippen molar-refractivity contribution < 1.29 is 39.9 Å². The minimum Gasteiger partial charge on any atom is -0.433 e. The van der Waals surface area contributed by atoms with E-state index in [9.17, 15) is 35.1 Å². The quantitative estimate of drug-likeness (QED) is 0.664. The van der Waals surface area contributed by atoms with Crippen molar-refractivity contribution in [1.29, 1.82) is 0 Å². The first kappa shape index (κ1) is 17.3. The lowest BCUT2D eigenvalue weighted by atomic mass is 9.89. The van der Waals surface area contributed by atoms with Gasteiger partial charge in [0.2, 0.25) is 0 Å². The molecule has 1 rings (SSSR count). The van der Waals surface area contributed by atoms with Crippen LogP contribution in [0.5, 0.6) is 5.75 Å². The molecule has 0 spiro atoms. The molecule has 0 fully saturated rings. The van der Waals surface area contributed by atoms with Crippen LogP contribution in [0.25, 0.3) is 0 Å². The molecule has 0 saturated carbocycles. The Morgan fingerprint density at radius 3 is 1.95 bits per heavy atom. The van der Waals surface area contributed by atoms with Crippen molar-refractivity contribution in [2.24, 2.45) is 0 Å². The molecule has 2 nitrogen and oxygen atoms in total. The normalized spacial score (nSPS) is 15.9. The first-order valence-electron chi connectivity index (χ1n) is 5.29. The lowest BCUT2D eigenvalue weighted by Crippen LogP contribution is -2.51. The Balaban J connectivity index is 3.48. The number of alkyl halides is 8. The number of benzene rings is 1. The van der Waals surface area contributed by atoms with Crippen LogP contribution in [0.3, 0.4) is 0 Å². The summed E-state index contributed by atoms with van der Waals surface area (Å²) >= 11 is 0. The van der Waals surface area contributed by atoms with E-state index in [-0.39, 0.29) is 13.0 Å². The molecule has 0 aliphatic carbocycles. The Labute approximate surface area is 113 Å². The summed E-state index contributed by atoms with van der Waals surface area (Å²) in [5, 5.41) is 0. The largest absolute Gasteiger partial charge is 0.433 e. The molecule has 21 heavy (non-hydrogen) atoms. The summed E-state index contributed by atoms with van der Waals surface area (Å²) < 4.78 is 106. The number of nitrogens with two attached hydrogens (primary N) is 1. The van der Waals surface area contributed by atoms with Crippen molar-refractivity contribution >= 4 is 5.69 Å². The zero-order chi connectivity index (χ0) is 16.6. The highest BCUT2D eigenvalue weighted by Crippen LogP contribution is 2.53. The van der Waals surface area contributed by atoms with Gasteiger partial charge in [-0.15, -0.1) is 0 Å². The maximum Gasteiger partial charge on any atom is 0.432 e. The lowest BCUT2D eigenvalue weighted by Gasteiger charge is -2.33. The van der Waals surface area contributed by atoms with E-state index in [4.69, 9.17) is 5.73 Å². The summed E-state index contributed by atoms with van der Waals surface area (Å²) in [5.74, 6) is -5.89. The van der Waals surface area contributed by atoms with Crippen LogP contribution in [0, 0.1) is 0 Å². The van der Waals surface area contributed by atoms with E-state index in [1.807, 2.05) is 0 Å². The molecule has 0 amide bonds. The summed E-state index contributed by atoms with van der Waals surface area (Å²) in [6, 6.07) is 0.976. The molecule has 0 aromatic heterocycles. The third-order valence-electron chi connectivity index (χ3n) is 2.62. The number of nitrogen functional groups attached to an aromatic ring is 1. The monoisotopic (exact) mass is 323 g/mol. The number of hydrogen-bond acceptors (Lipinski definition) is 2. The fourth-order valence-corrected chi connectivity index (χ4v) is 1.61. The van der Waals surface area contributed by atoms with Gasteiger partial charge in [-0.05, 0) is 12.1 Å². The van der Waals surface area contributed by atoms with Crippen molar-refractivity contribution in [3.63, 3.8) is 0 Å². The van der Waals surface area contributed by atoms with Crippen LogP contribution in [-0.2, 0) is 5.67 Å². The summed E-state index contributed by atoms with van der Waals surface area (Å²) in [5.41, 5.74) is -2.07. The molecule has 0 bridgehead atoms. The van der Waals surface area contributed by atoms with Gasteiger partial charge >= 0.3 is 12.8 Å². The molecule has 1 aromatic carbocycles. The third kappa shape index (κ3) is 3.13. The molecule has 0 saturated heterocycles. The van der Waals surface area contributed by atoms with Crippen LogP contribution in [0.1, 0.15) is 12.5 Å². The Morgan fingerprint density at radius 1 is 1.05 bits per heavy atom. The summed E-state index contributed by atoms with van der Waals surface area (Å²) in [4.78, 5) is 0. The maximum absolute atomic E-state index is 14.0. The summed E-state index contributed by atoms with van der Waals surface area (Å²) in [6.45, 7) is -3.74. The van der Waals surface area contributed by atoms with Crippen LogP contribution in [0.15, 0.2) is 18.2 Å². The van der Waals surface area contributed by atoms with E-state index < -0.39 is 41.4 Å². The predicted molar refractivity (Wildman–Crippen MR) is 56.9 cm³/mol. The van der Waals surface area contributed by atoms with Gasteiger partial charge < -0.3 is 10.5 Å². The van der Waals surface area contributed by atoms with Gasteiger partial charge in [0.1, 0.15) is 5.75 Å². The molecule has 1 unspecified atom stereocenters. The van der Waals surface area contributed by atoms with Crippen molar-refractivity contribution in [3.05, 3.63) is 23.8 Å². The molecule has 1 atom stereocenters. The van der Waals surface area contributed by atoms with Crippen molar-refractivity contribution in [3.8, 4) is 5.75 Å². The number of halogens is 8. The van der Waals surface area contributed by atoms with Gasteiger partial charge in [-0.1, -0.05) is 6.07 Å². The molecule has 0 aliphatic heterocycles. The number of ether oxygens (including phenoxy) is 1. The van der Waals surface area contributed by atoms with Gasteiger partial charge in [0.25, 0.3) is 11.6 Å². The van der Waals surface area contributed by atoms with E-state index in [2.05, 4.69) is 4.74 Å². The van der Waals surface area contributed by atoms with E-state index in [0.29, 0.717) is 12.1 Å². The summed E-state index contributed by atoms with van der Waals surface area (Å²) in [7, 11) is 0. The highest BCUT2D eigenvalue weighted by molar-refractivity contribution is 5.55. The molecule has 120 valence electrons. The van der Waals surface area contributed by atoms with Gasteiger partial charge in [0, 0.05) is 12.5 Å². The predicted octanol–water partition coefficient (Wildman–Crippen LogP) is 4.25. The Bertz CT molecular complexity index is 494. The Hall–Kier alpha value is -1.74. The van der Waals surface area contributed by atoms with Crippen LogP contribution in [0.2, 0.25) is 0 Å². The molecular weight excluding hydrogens is 314 g/mol. The fourth-order valence-electron chi connectivity index (χ4n) is 1.61. The average molecular weight is 323 g/mol. The Kier molecular flexibility index (Phi) is 4.31. The highest BCUT2D eigenvalue weighted by atomic mass is 19.4. The number of anilines is 1. The van der Waals surface area contributed by atoms with Gasteiger partial charge in [0.15, 0.2) is 0 Å². The number of rotatable bonds is 4. The number of hydrogen-bond donors (Lipinski definition) is 1. The van der Waals surface area contributed by atoms with Gasteiger partial charge in [0.05, 0.1) is 5.69 Å². The smallest absolute Gasteiger partial charge is 0.432 e. The van der Waals surface area contributed by atoms with E-state index in [1.165, 1.54) is 0 Å². The first-order chi connectivity index (χ1) is 9.30. The molecule has 0 radical (unpaired) electrons. The molecule has 2 N–H and O–H groups in total. The van der Waals surface area contributed by atoms with E-state index in [0.717, 1.165) is 0 Å². The van der Waals surface area contributed by atoms with E-state index in [1.54, 1.807) is 0 Å². The minimum absolute atomic E-state index is 0.0758. The zero-order valence-electron chi connectivity index (χ0n) is 10.3. The molecule has 0 aliphatic rings. The lowest BCUT2D eigenvalue weighted by molar-refractivity contribution is -0.304. The third-order valence-corrected chi connectivity index (χ3v) is 2.62. The van der Waals surface area contributed by atoms with Crippen LogP contribution in [-0.4, -0.2) is 18.7 Å². The molecular formula is C11H9F8NO. The topological polar surface area (TPSA) is 35.2 Å². The second-order valence-corrected chi connectivity index (χ2v) is 4.18.